The Hall–Kier alpha value is -7.27. The molecule has 0 aromatic heterocycles. The van der Waals surface area contributed by atoms with Crippen LogP contribution in [0.2, 0.25) is 0 Å². The van der Waals surface area contributed by atoms with Crippen molar-refractivity contribution in [3.05, 3.63) is 118 Å². The fourth-order valence-electron chi connectivity index (χ4n) is 7.77. The molecule has 1 unspecified atom stereocenters. The Morgan fingerprint density at radius 2 is 1.01 bits per heavy atom. The van der Waals surface area contributed by atoms with Crippen LogP contribution in [-0.2, 0) is 42.7 Å². The number of carbonyl (C=O) groups is 2. The molecule has 0 radical (unpaired) electrons. The summed E-state index contributed by atoms with van der Waals surface area (Å²) in [5.41, 5.74) is 22.1. The van der Waals surface area contributed by atoms with Gasteiger partial charge in [-0.25, -0.2) is 22.7 Å². The summed E-state index contributed by atoms with van der Waals surface area (Å²) in [4.78, 5) is 32.4. The average molecular weight is 1270 g/mol. The fourth-order valence-corrected chi connectivity index (χ4v) is 9.02. The molecule has 478 valence electrons. The van der Waals surface area contributed by atoms with Gasteiger partial charge in [-0.15, -0.1) is 0 Å². The number of nitrogens with two attached hydrogens (primary N) is 4. The summed E-state index contributed by atoms with van der Waals surface area (Å²) >= 11 is 2.74. The molecular formula is C57H74F4N14O11S2. The van der Waals surface area contributed by atoms with Crippen LogP contribution in [0, 0.1) is 23.3 Å². The lowest BCUT2D eigenvalue weighted by Gasteiger charge is -2.22. The van der Waals surface area contributed by atoms with Crippen LogP contribution in [0.25, 0.3) is 12.2 Å². The van der Waals surface area contributed by atoms with Crippen LogP contribution >= 0.6 is 23.9 Å². The van der Waals surface area contributed by atoms with Gasteiger partial charge in [-0.05, 0) is 134 Å². The summed E-state index contributed by atoms with van der Waals surface area (Å²) in [6, 6.07) is 17.4. The van der Waals surface area contributed by atoms with Gasteiger partial charge >= 0.3 is 0 Å². The number of nitrogens with zero attached hydrogens (tertiary/aromatic N) is 8. The second-order valence-corrected chi connectivity index (χ2v) is 21.0. The van der Waals surface area contributed by atoms with Gasteiger partial charge in [0, 0.05) is 47.6 Å². The summed E-state index contributed by atoms with van der Waals surface area (Å²) in [6.07, 6.45) is 2.52. The maximum atomic E-state index is 14.8. The van der Waals surface area contributed by atoms with E-state index in [0.717, 1.165) is 39.8 Å². The largest absolute Gasteiger partial charge is 0.451 e. The van der Waals surface area contributed by atoms with Crippen LogP contribution in [0.4, 0.5) is 17.6 Å². The SMILES string of the molecule is C/C(=C\c1cc(F)c(Oc2ccc(SNCCOCCOCCOCCN3CC(COCC4=NN(C)N(CCOCCOCCOCCNSc5ccc(Oc6c(F)cc(/C=C(\C)C(=O)N=C(N)N)cc6F)cc5)C4)N=N3)cc2)c(F)c1)C(=O)N=C(N)N. The van der Waals surface area contributed by atoms with Crippen LogP contribution in [-0.4, -0.2) is 189 Å². The van der Waals surface area contributed by atoms with E-state index in [4.69, 9.17) is 65.6 Å². The van der Waals surface area contributed by atoms with Gasteiger partial charge in [0.25, 0.3) is 11.8 Å². The maximum Gasteiger partial charge on any atom is 0.275 e. The molecule has 0 fully saturated rings. The van der Waals surface area contributed by atoms with Crippen molar-refractivity contribution < 1.29 is 69.8 Å². The summed E-state index contributed by atoms with van der Waals surface area (Å²) < 4.78 is 116. The molecule has 2 amide bonds. The van der Waals surface area contributed by atoms with E-state index in [0.29, 0.717) is 132 Å². The molecule has 1 atom stereocenters. The second kappa shape index (κ2) is 38.2. The van der Waals surface area contributed by atoms with Gasteiger partial charge in [-0.1, -0.05) is 5.22 Å². The third-order valence-corrected chi connectivity index (χ3v) is 13.7. The molecule has 2 aliphatic heterocycles. The van der Waals surface area contributed by atoms with Gasteiger partial charge in [0.15, 0.2) is 46.7 Å². The number of aliphatic imine (C=N–C) groups is 2. The normalized spacial score (nSPS) is 14.4. The zero-order chi connectivity index (χ0) is 63.0. The van der Waals surface area contributed by atoms with E-state index in [1.807, 2.05) is 12.1 Å². The number of hydrogen-bond acceptors (Lipinski definition) is 21. The highest BCUT2D eigenvalue weighted by Gasteiger charge is 2.24. The van der Waals surface area contributed by atoms with Crippen molar-refractivity contribution >= 4 is 65.5 Å². The highest BCUT2D eigenvalue weighted by atomic mass is 32.2. The molecule has 4 aromatic rings. The first-order valence-electron chi connectivity index (χ1n) is 27.7. The van der Waals surface area contributed by atoms with Crippen LogP contribution in [0.5, 0.6) is 23.0 Å². The molecule has 0 aliphatic carbocycles. The minimum absolute atomic E-state index is 0.0774. The number of nitrogens with one attached hydrogen (secondary N) is 2. The number of carbonyl (C=O) groups excluding carboxylic acids is 2. The van der Waals surface area contributed by atoms with Gasteiger partial charge < -0.3 is 65.6 Å². The number of hydrogen-bond donors (Lipinski definition) is 6. The molecule has 4 aromatic carbocycles. The Kier molecular flexibility index (Phi) is 30.3. The molecule has 0 spiro atoms. The van der Waals surface area contributed by atoms with Crippen molar-refractivity contribution in [3.63, 3.8) is 0 Å². The van der Waals surface area contributed by atoms with Crippen molar-refractivity contribution in [1.29, 1.82) is 0 Å². The first kappa shape index (κ1) is 69.8. The molecule has 0 saturated carbocycles. The highest BCUT2D eigenvalue weighted by Crippen LogP contribution is 2.32. The van der Waals surface area contributed by atoms with Crippen molar-refractivity contribution in [1.82, 2.24) is 24.6 Å². The Morgan fingerprint density at radius 1 is 0.602 bits per heavy atom. The third-order valence-electron chi connectivity index (χ3n) is 12.0. The fraction of sp³-hybridized carbons (Fsp3) is 0.421. The molecule has 6 rings (SSSR count). The predicted molar refractivity (Wildman–Crippen MR) is 325 cm³/mol. The van der Waals surface area contributed by atoms with Crippen LogP contribution in [0.3, 0.4) is 0 Å². The monoisotopic (exact) mass is 1270 g/mol. The number of ether oxygens (including phenoxy) is 9. The molecule has 25 nitrogen and oxygen atoms in total. The van der Waals surface area contributed by atoms with E-state index >= 15 is 0 Å². The Morgan fingerprint density at radius 3 is 1.44 bits per heavy atom. The van der Waals surface area contributed by atoms with Gasteiger partial charge in [-0.2, -0.15) is 25.2 Å². The van der Waals surface area contributed by atoms with Crippen molar-refractivity contribution in [2.45, 2.75) is 29.7 Å². The standard InChI is InChI=1S/C57H74F4N14O11S2/c1-38(54(76)68-56(62)63)28-40-30-48(58)52(49(59)31-40)85-44-4-8-46(9-5-44)87-66-12-16-78-20-24-82-26-22-80-18-14-74-34-42(70-72-74)36-84-37-43-35-75(73(3)71-43)15-19-81-23-27-83-25-21-79-17-13-67-88-47-10-6-45(7-11-47)86-53-50(60)32-41(33-51(53)61)29-39(2)55(77)69-57(64)65/h4-11,28-33,42,66-67H,12-27,34-37H2,1-3H3,(H4,62,63,68,76)(H4,64,65,69,77)/b38-28+,39-29+. The Bertz CT molecular complexity index is 3010. The average Bonchev–Trinajstić information content (AvgIpc) is 3.82. The summed E-state index contributed by atoms with van der Waals surface area (Å²) in [5, 5.41) is 18.9. The van der Waals surface area contributed by atoms with E-state index in [2.05, 4.69) is 39.9 Å². The molecule has 2 aliphatic rings. The number of amides is 2. The lowest BCUT2D eigenvalue weighted by atomic mass is 10.1. The summed E-state index contributed by atoms with van der Waals surface area (Å²) in [6.45, 7) is 12.6. The molecule has 0 bridgehead atoms. The Labute approximate surface area is 516 Å². The number of benzene rings is 4. The number of halogens is 4. The van der Waals surface area contributed by atoms with Crippen molar-refractivity contribution in [3.8, 4) is 23.0 Å². The van der Waals surface area contributed by atoms with E-state index in [-0.39, 0.29) is 39.8 Å². The number of hydrazone groups is 1. The van der Waals surface area contributed by atoms with Gasteiger partial charge in [0.05, 0.1) is 118 Å². The summed E-state index contributed by atoms with van der Waals surface area (Å²) in [5.74, 6) is -6.77. The van der Waals surface area contributed by atoms with Gasteiger partial charge in [-0.3, -0.25) is 24.0 Å². The van der Waals surface area contributed by atoms with E-state index in [1.165, 1.54) is 49.9 Å². The topological polar surface area (TPSA) is 317 Å². The maximum absolute atomic E-state index is 14.8. The van der Waals surface area contributed by atoms with Crippen molar-refractivity contribution in [2.24, 2.45) is 48.4 Å². The Balaban J connectivity index is 0.677. The number of rotatable bonds is 40. The van der Waals surface area contributed by atoms with Crippen LogP contribution in [0.1, 0.15) is 25.0 Å². The number of guanidine groups is 2. The van der Waals surface area contributed by atoms with Crippen LogP contribution in [0.15, 0.2) is 119 Å². The quantitative estimate of drug-likeness (QED) is 0.00764. The van der Waals surface area contributed by atoms with E-state index < -0.39 is 58.5 Å². The summed E-state index contributed by atoms with van der Waals surface area (Å²) in [7, 11) is 1.89. The molecule has 88 heavy (non-hydrogen) atoms. The van der Waals surface area contributed by atoms with Crippen molar-refractivity contribution in [2.75, 3.05) is 139 Å². The predicted octanol–water partition coefficient (Wildman–Crippen LogP) is 5.81. The number of hydrazine groups is 1. The van der Waals surface area contributed by atoms with E-state index in [9.17, 15) is 27.2 Å². The molecule has 2 heterocycles. The van der Waals surface area contributed by atoms with Crippen LogP contribution < -0.4 is 41.9 Å². The van der Waals surface area contributed by atoms with Gasteiger partial charge in [0.2, 0.25) is 0 Å². The molecule has 0 saturated heterocycles. The second-order valence-electron chi connectivity index (χ2n) is 19.1. The molecule has 10 N–H and O–H groups in total. The smallest absolute Gasteiger partial charge is 0.275 e. The first-order chi connectivity index (χ1) is 42.5. The molecule has 31 heteroatoms. The lowest BCUT2D eigenvalue weighted by Crippen LogP contribution is -2.36. The highest BCUT2D eigenvalue weighted by molar-refractivity contribution is 7.97. The zero-order valence-electron chi connectivity index (χ0n) is 49.0. The zero-order valence-corrected chi connectivity index (χ0v) is 50.6. The van der Waals surface area contributed by atoms with Gasteiger partial charge in [0.1, 0.15) is 17.5 Å². The lowest BCUT2D eigenvalue weighted by molar-refractivity contribution is -0.115. The first-order valence-corrected chi connectivity index (χ1v) is 29.4. The minimum atomic E-state index is -0.947. The third kappa shape index (κ3) is 25.8. The molecular weight excluding hydrogens is 1200 g/mol. The minimum Gasteiger partial charge on any atom is -0.451 e. The van der Waals surface area contributed by atoms with E-state index in [1.54, 1.807) is 53.6 Å².